The molecule has 2 unspecified atom stereocenters. The second-order valence-corrected chi connectivity index (χ2v) is 27.5. The summed E-state index contributed by atoms with van der Waals surface area (Å²) in [4.78, 5) is 72.2. The molecule has 0 spiro atoms. The maximum absolute atomic E-state index is 13.0. The molecule has 0 amide bonds. The molecule has 0 rings (SSSR count). The van der Waals surface area contributed by atoms with Crippen molar-refractivity contribution in [1.29, 1.82) is 0 Å². The van der Waals surface area contributed by atoms with Crippen molar-refractivity contribution in [3.05, 3.63) is 0 Å². The first-order chi connectivity index (χ1) is 42.2. The van der Waals surface area contributed by atoms with Crippen molar-refractivity contribution >= 4 is 39.5 Å². The Hall–Kier alpha value is -1.94. The Morgan fingerprint density at radius 3 is 0.678 bits per heavy atom. The quantitative estimate of drug-likeness (QED) is 0.0222. The van der Waals surface area contributed by atoms with Crippen LogP contribution in [0.25, 0.3) is 0 Å². The van der Waals surface area contributed by atoms with Gasteiger partial charge in [-0.2, -0.15) is 0 Å². The second kappa shape index (κ2) is 62.8. The zero-order chi connectivity index (χ0) is 64.0. The van der Waals surface area contributed by atoms with E-state index < -0.39 is 97.5 Å². The van der Waals surface area contributed by atoms with E-state index in [0.717, 1.165) is 109 Å². The molecular weight excluding hydrogens is 1150 g/mol. The van der Waals surface area contributed by atoms with Crippen molar-refractivity contribution in [3.8, 4) is 0 Å². The Morgan fingerprint density at radius 2 is 0.460 bits per heavy atom. The summed E-state index contributed by atoms with van der Waals surface area (Å²) in [6.45, 7) is 4.87. The van der Waals surface area contributed by atoms with Gasteiger partial charge in [-0.15, -0.1) is 0 Å². The normalized spacial score (nSPS) is 14.1. The smallest absolute Gasteiger partial charge is 0.462 e. The minimum Gasteiger partial charge on any atom is -0.462 e. The van der Waals surface area contributed by atoms with E-state index in [9.17, 15) is 43.2 Å². The van der Waals surface area contributed by atoms with E-state index in [4.69, 9.17) is 37.0 Å². The summed E-state index contributed by atoms with van der Waals surface area (Å²) < 4.78 is 68.0. The summed E-state index contributed by atoms with van der Waals surface area (Å²) in [5, 5.41) is 10.5. The highest BCUT2D eigenvalue weighted by Crippen LogP contribution is 2.45. The van der Waals surface area contributed by atoms with Gasteiger partial charge in [0.2, 0.25) is 0 Å². The third-order valence-corrected chi connectivity index (χ3v) is 17.8. The largest absolute Gasteiger partial charge is 0.472 e. The molecule has 0 saturated carbocycles. The Morgan fingerprint density at radius 1 is 0.276 bits per heavy atom. The van der Waals surface area contributed by atoms with Gasteiger partial charge in [-0.1, -0.05) is 304 Å². The molecule has 3 N–H and O–H groups in total. The lowest BCUT2D eigenvalue weighted by atomic mass is 10.0. The number of unbranched alkanes of at least 4 members (excludes halogenated alkanes) is 43. The van der Waals surface area contributed by atoms with Gasteiger partial charge in [-0.3, -0.25) is 37.3 Å². The van der Waals surface area contributed by atoms with Crippen LogP contribution in [0.1, 0.15) is 355 Å². The minimum atomic E-state index is -4.95. The van der Waals surface area contributed by atoms with Crippen LogP contribution in [-0.4, -0.2) is 96.7 Å². The molecule has 0 aromatic heterocycles. The summed E-state index contributed by atoms with van der Waals surface area (Å²) in [7, 11) is -9.88. The van der Waals surface area contributed by atoms with Crippen LogP contribution < -0.4 is 0 Å². The summed E-state index contributed by atoms with van der Waals surface area (Å²) in [6.07, 6.45) is 50.2. The first-order valence-corrected chi connectivity index (χ1v) is 38.8. The fourth-order valence-corrected chi connectivity index (χ4v) is 11.9. The first kappa shape index (κ1) is 85.1. The van der Waals surface area contributed by atoms with Crippen molar-refractivity contribution < 1.29 is 80.2 Å². The lowest BCUT2D eigenvalue weighted by molar-refractivity contribution is -0.161. The third kappa shape index (κ3) is 62.6. The molecule has 0 fully saturated rings. The molecule has 0 aromatic carbocycles. The minimum absolute atomic E-state index is 0.105. The standard InChI is InChI=1S/C68H132O17P2/c1-5-9-13-17-21-24-26-28-30-31-33-35-37-39-43-47-51-55-68(73)85-64(59-79-66(71)53-49-45-42-38-36-34-32-29-27-25-22-18-14-10-6-2)61-83-87(76,77)81-57-62(69)56-80-86(74,75)82-60-63(58-78-65(70)52-48-44-40-20-16-12-8-4)84-67(72)54-50-46-41-23-19-15-11-7-3/h62-64,69H,5-61H2,1-4H3,(H,74,75)(H,76,77)/t62-,63+,64+/m0/s1. The zero-order valence-corrected chi connectivity index (χ0v) is 57.8. The fourth-order valence-electron chi connectivity index (χ4n) is 10.3. The topological polar surface area (TPSA) is 237 Å². The number of aliphatic hydroxyl groups excluding tert-OH is 1. The summed E-state index contributed by atoms with van der Waals surface area (Å²) in [5.74, 6) is -2.13. The van der Waals surface area contributed by atoms with E-state index in [1.165, 1.54) is 167 Å². The van der Waals surface area contributed by atoms with Crippen LogP contribution in [0.4, 0.5) is 0 Å². The predicted octanol–water partition coefficient (Wildman–Crippen LogP) is 19.5. The monoisotopic (exact) mass is 1280 g/mol. The lowest BCUT2D eigenvalue weighted by Gasteiger charge is -2.21. The lowest BCUT2D eigenvalue weighted by Crippen LogP contribution is -2.30. The molecule has 0 bridgehead atoms. The van der Waals surface area contributed by atoms with Crippen LogP contribution >= 0.6 is 15.6 Å². The number of ether oxygens (including phenoxy) is 4. The van der Waals surface area contributed by atoms with Gasteiger partial charge >= 0.3 is 39.5 Å². The van der Waals surface area contributed by atoms with E-state index >= 15 is 0 Å². The van der Waals surface area contributed by atoms with E-state index in [1.54, 1.807) is 0 Å². The zero-order valence-electron chi connectivity index (χ0n) is 56.0. The third-order valence-electron chi connectivity index (χ3n) is 15.9. The number of rotatable bonds is 69. The van der Waals surface area contributed by atoms with Crippen LogP contribution in [0.3, 0.4) is 0 Å². The molecule has 0 aliphatic rings. The number of carbonyl (C=O) groups is 4. The van der Waals surface area contributed by atoms with Crippen molar-refractivity contribution in [2.24, 2.45) is 0 Å². The SMILES string of the molecule is CCCCCCCCCCCCCCCCCCCC(=O)O[C@H](COC(=O)CCCCCCCCCCCCCCCCC)COP(=O)(O)OC[C@@H](O)COP(=O)(O)OC[C@@H](COC(=O)CCCCCCCCC)OC(=O)CCCCCCCCCC. The molecule has 516 valence electrons. The highest BCUT2D eigenvalue weighted by Gasteiger charge is 2.30. The number of aliphatic hydroxyl groups is 1. The van der Waals surface area contributed by atoms with Crippen LogP contribution in [0, 0.1) is 0 Å². The summed E-state index contributed by atoms with van der Waals surface area (Å²) in [5.41, 5.74) is 0. The molecule has 87 heavy (non-hydrogen) atoms. The van der Waals surface area contributed by atoms with Gasteiger partial charge in [0.25, 0.3) is 0 Å². The van der Waals surface area contributed by atoms with Crippen molar-refractivity contribution in [1.82, 2.24) is 0 Å². The van der Waals surface area contributed by atoms with Crippen molar-refractivity contribution in [3.63, 3.8) is 0 Å². The number of carbonyl (C=O) groups excluding carboxylic acids is 4. The number of hydrogen-bond donors (Lipinski definition) is 3. The van der Waals surface area contributed by atoms with Crippen molar-refractivity contribution in [2.45, 2.75) is 373 Å². The average Bonchev–Trinajstić information content (AvgIpc) is 3.53. The fraction of sp³-hybridized carbons (Fsp3) is 0.941. The number of hydrogen-bond acceptors (Lipinski definition) is 15. The van der Waals surface area contributed by atoms with Gasteiger partial charge in [0.15, 0.2) is 12.2 Å². The molecule has 17 nitrogen and oxygen atoms in total. The van der Waals surface area contributed by atoms with Crippen LogP contribution in [0.5, 0.6) is 0 Å². The van der Waals surface area contributed by atoms with E-state index in [0.29, 0.717) is 25.7 Å². The Balaban J connectivity index is 5.17. The van der Waals surface area contributed by atoms with E-state index in [1.807, 2.05) is 0 Å². The average molecular weight is 1280 g/mol. The molecule has 0 aliphatic carbocycles. The molecule has 5 atom stereocenters. The number of phosphoric acid groups is 2. The summed E-state index contributed by atoms with van der Waals surface area (Å²) >= 11 is 0. The first-order valence-electron chi connectivity index (χ1n) is 35.8. The Kier molecular flexibility index (Phi) is 61.4. The maximum atomic E-state index is 13.0. The second-order valence-electron chi connectivity index (χ2n) is 24.6. The van der Waals surface area contributed by atoms with Gasteiger partial charge in [0, 0.05) is 25.7 Å². The molecule has 0 aliphatic heterocycles. The van der Waals surface area contributed by atoms with E-state index in [-0.39, 0.29) is 25.7 Å². The van der Waals surface area contributed by atoms with Gasteiger partial charge in [-0.05, 0) is 25.7 Å². The van der Waals surface area contributed by atoms with Gasteiger partial charge in [0.1, 0.15) is 19.3 Å². The van der Waals surface area contributed by atoms with E-state index in [2.05, 4.69) is 27.7 Å². The molecule has 19 heteroatoms. The molecule has 0 aromatic rings. The molecular formula is C68H132O17P2. The van der Waals surface area contributed by atoms with Gasteiger partial charge in [0.05, 0.1) is 26.4 Å². The Bertz CT molecular complexity index is 1670. The molecule has 0 radical (unpaired) electrons. The van der Waals surface area contributed by atoms with Gasteiger partial charge in [-0.25, -0.2) is 9.13 Å². The van der Waals surface area contributed by atoms with Crippen molar-refractivity contribution in [2.75, 3.05) is 39.6 Å². The summed E-state index contributed by atoms with van der Waals surface area (Å²) in [6, 6.07) is 0. The van der Waals surface area contributed by atoms with Crippen LogP contribution in [-0.2, 0) is 65.4 Å². The number of phosphoric ester groups is 2. The van der Waals surface area contributed by atoms with Gasteiger partial charge < -0.3 is 33.8 Å². The van der Waals surface area contributed by atoms with Crippen LogP contribution in [0.2, 0.25) is 0 Å². The highest BCUT2D eigenvalue weighted by atomic mass is 31.2. The van der Waals surface area contributed by atoms with Crippen LogP contribution in [0.15, 0.2) is 0 Å². The molecule has 0 heterocycles. The highest BCUT2D eigenvalue weighted by molar-refractivity contribution is 7.47. The number of esters is 4. The molecule has 0 saturated heterocycles. The maximum Gasteiger partial charge on any atom is 0.472 e. The predicted molar refractivity (Wildman–Crippen MR) is 349 cm³/mol. The Labute approximate surface area is 530 Å².